The Morgan fingerprint density at radius 1 is 1.54 bits per heavy atom. The molecule has 0 spiro atoms. The predicted molar refractivity (Wildman–Crippen MR) is 58.7 cm³/mol. The Hall–Kier alpha value is -0.600. The minimum atomic E-state index is -0.436. The summed E-state index contributed by atoms with van der Waals surface area (Å²) in [4.78, 5) is 0. The van der Waals surface area contributed by atoms with E-state index in [0.29, 0.717) is 6.42 Å². The van der Waals surface area contributed by atoms with Crippen molar-refractivity contribution in [3.8, 4) is 0 Å². The lowest BCUT2D eigenvalue weighted by Crippen LogP contribution is -1.95. The minimum absolute atomic E-state index is 0.436. The van der Waals surface area contributed by atoms with Crippen LogP contribution in [0.1, 0.15) is 23.7 Å². The van der Waals surface area contributed by atoms with Crippen LogP contribution in [-0.4, -0.2) is 5.11 Å². The van der Waals surface area contributed by atoms with Crippen molar-refractivity contribution < 1.29 is 5.11 Å². The Balaban J connectivity index is 2.93. The zero-order chi connectivity index (χ0) is 9.84. The fourth-order valence-electron chi connectivity index (χ4n) is 1.25. The molecule has 1 unspecified atom stereocenters. The first-order valence-corrected chi connectivity index (χ1v) is 4.99. The van der Waals surface area contributed by atoms with Crippen molar-refractivity contribution in [2.75, 3.05) is 0 Å². The van der Waals surface area contributed by atoms with Gasteiger partial charge in [-0.1, -0.05) is 28.1 Å². The molecular formula is C11H13BrO. The summed E-state index contributed by atoms with van der Waals surface area (Å²) in [5.74, 6) is 0. The van der Waals surface area contributed by atoms with Gasteiger partial charge in [0, 0.05) is 4.47 Å². The van der Waals surface area contributed by atoms with Gasteiger partial charge in [0.25, 0.3) is 0 Å². The molecule has 0 saturated carbocycles. The average molecular weight is 241 g/mol. The van der Waals surface area contributed by atoms with E-state index in [0.717, 1.165) is 15.6 Å². The topological polar surface area (TPSA) is 20.2 Å². The highest BCUT2D eigenvalue weighted by Crippen LogP contribution is 2.22. The quantitative estimate of drug-likeness (QED) is 0.804. The zero-order valence-electron chi connectivity index (χ0n) is 7.63. The molecule has 0 fully saturated rings. The maximum Gasteiger partial charge on any atom is 0.0824 e. The highest BCUT2D eigenvalue weighted by atomic mass is 79.9. The van der Waals surface area contributed by atoms with E-state index in [1.54, 1.807) is 6.08 Å². The standard InChI is InChI=1S/C11H13BrO/c1-3-4-11(13)9-5-8(2)6-10(12)7-9/h3,5-7,11,13H,1,4H2,2H3. The summed E-state index contributed by atoms with van der Waals surface area (Å²) in [5, 5.41) is 9.68. The molecule has 2 heteroatoms. The van der Waals surface area contributed by atoms with Crippen LogP contribution >= 0.6 is 15.9 Å². The Labute approximate surface area is 87.2 Å². The van der Waals surface area contributed by atoms with E-state index in [1.807, 2.05) is 25.1 Å². The summed E-state index contributed by atoms with van der Waals surface area (Å²) >= 11 is 3.40. The first-order valence-electron chi connectivity index (χ1n) is 4.19. The molecule has 1 aromatic carbocycles. The summed E-state index contributed by atoms with van der Waals surface area (Å²) in [5.41, 5.74) is 2.08. The smallest absolute Gasteiger partial charge is 0.0824 e. The van der Waals surface area contributed by atoms with Gasteiger partial charge in [0.05, 0.1) is 6.10 Å². The van der Waals surface area contributed by atoms with Crippen LogP contribution in [0, 0.1) is 6.92 Å². The third kappa shape index (κ3) is 2.98. The molecule has 13 heavy (non-hydrogen) atoms. The van der Waals surface area contributed by atoms with Crippen molar-refractivity contribution in [1.82, 2.24) is 0 Å². The lowest BCUT2D eigenvalue weighted by molar-refractivity contribution is 0.181. The third-order valence-corrected chi connectivity index (χ3v) is 2.30. The Bertz CT molecular complexity index is 287. The number of rotatable bonds is 3. The number of halogens is 1. The van der Waals surface area contributed by atoms with Crippen molar-refractivity contribution in [3.63, 3.8) is 0 Å². The number of hydrogen-bond donors (Lipinski definition) is 1. The Kier molecular flexibility index (Phi) is 3.70. The normalized spacial score (nSPS) is 12.5. The predicted octanol–water partition coefficient (Wildman–Crippen LogP) is 3.37. The summed E-state index contributed by atoms with van der Waals surface area (Å²) in [7, 11) is 0. The van der Waals surface area contributed by atoms with E-state index in [2.05, 4.69) is 22.5 Å². The number of aryl methyl sites for hydroxylation is 1. The van der Waals surface area contributed by atoms with Gasteiger partial charge < -0.3 is 5.11 Å². The van der Waals surface area contributed by atoms with Crippen molar-refractivity contribution in [1.29, 1.82) is 0 Å². The summed E-state index contributed by atoms with van der Waals surface area (Å²) in [6.07, 6.45) is 1.88. The Morgan fingerprint density at radius 2 is 2.23 bits per heavy atom. The molecular weight excluding hydrogens is 228 g/mol. The van der Waals surface area contributed by atoms with Gasteiger partial charge in [0.2, 0.25) is 0 Å². The van der Waals surface area contributed by atoms with E-state index in [1.165, 1.54) is 0 Å². The molecule has 1 N–H and O–H groups in total. The number of aliphatic hydroxyl groups excluding tert-OH is 1. The van der Waals surface area contributed by atoms with Gasteiger partial charge in [-0.05, 0) is 36.6 Å². The second-order valence-corrected chi connectivity index (χ2v) is 4.02. The molecule has 0 radical (unpaired) electrons. The molecule has 0 aliphatic heterocycles. The molecule has 0 aliphatic rings. The summed E-state index contributed by atoms with van der Waals surface area (Å²) in [6.45, 7) is 5.61. The molecule has 0 aliphatic carbocycles. The van der Waals surface area contributed by atoms with Crippen LogP contribution in [0.15, 0.2) is 35.3 Å². The average Bonchev–Trinajstić information content (AvgIpc) is 2.03. The highest BCUT2D eigenvalue weighted by Gasteiger charge is 2.06. The van der Waals surface area contributed by atoms with Crippen molar-refractivity contribution in [2.24, 2.45) is 0 Å². The second kappa shape index (κ2) is 4.58. The van der Waals surface area contributed by atoms with Crippen molar-refractivity contribution in [2.45, 2.75) is 19.4 Å². The molecule has 0 amide bonds. The highest BCUT2D eigenvalue weighted by molar-refractivity contribution is 9.10. The first-order chi connectivity index (χ1) is 6.13. The van der Waals surface area contributed by atoms with E-state index < -0.39 is 6.10 Å². The van der Waals surface area contributed by atoms with E-state index >= 15 is 0 Å². The number of benzene rings is 1. The van der Waals surface area contributed by atoms with Gasteiger partial charge in [-0.3, -0.25) is 0 Å². The van der Waals surface area contributed by atoms with Crippen LogP contribution in [0.3, 0.4) is 0 Å². The molecule has 1 aromatic rings. The number of aliphatic hydroxyl groups is 1. The molecule has 1 nitrogen and oxygen atoms in total. The van der Waals surface area contributed by atoms with Gasteiger partial charge in [0.15, 0.2) is 0 Å². The van der Waals surface area contributed by atoms with E-state index in [4.69, 9.17) is 0 Å². The molecule has 0 saturated heterocycles. The van der Waals surface area contributed by atoms with Crippen LogP contribution in [0.4, 0.5) is 0 Å². The minimum Gasteiger partial charge on any atom is -0.388 e. The van der Waals surface area contributed by atoms with Crippen molar-refractivity contribution >= 4 is 15.9 Å². The van der Waals surface area contributed by atoms with Gasteiger partial charge in [-0.2, -0.15) is 0 Å². The van der Waals surface area contributed by atoms with Crippen LogP contribution in [0.2, 0.25) is 0 Å². The van der Waals surface area contributed by atoms with E-state index in [-0.39, 0.29) is 0 Å². The van der Waals surface area contributed by atoms with Crippen LogP contribution in [0.25, 0.3) is 0 Å². The molecule has 1 atom stereocenters. The van der Waals surface area contributed by atoms with Crippen LogP contribution < -0.4 is 0 Å². The molecule has 0 heterocycles. The first kappa shape index (κ1) is 10.5. The van der Waals surface area contributed by atoms with Gasteiger partial charge in [-0.25, -0.2) is 0 Å². The van der Waals surface area contributed by atoms with Crippen LogP contribution in [-0.2, 0) is 0 Å². The fraction of sp³-hybridized carbons (Fsp3) is 0.273. The SMILES string of the molecule is C=CCC(O)c1cc(C)cc(Br)c1. The van der Waals surface area contributed by atoms with Gasteiger partial charge >= 0.3 is 0 Å². The number of hydrogen-bond acceptors (Lipinski definition) is 1. The summed E-state index contributed by atoms with van der Waals surface area (Å²) in [6, 6.07) is 5.93. The van der Waals surface area contributed by atoms with Crippen molar-refractivity contribution in [3.05, 3.63) is 46.5 Å². The molecule has 0 aromatic heterocycles. The van der Waals surface area contributed by atoms with Crippen LogP contribution in [0.5, 0.6) is 0 Å². The monoisotopic (exact) mass is 240 g/mol. The maximum absolute atomic E-state index is 9.68. The van der Waals surface area contributed by atoms with Gasteiger partial charge in [-0.15, -0.1) is 6.58 Å². The molecule has 70 valence electrons. The van der Waals surface area contributed by atoms with Gasteiger partial charge in [0.1, 0.15) is 0 Å². The lowest BCUT2D eigenvalue weighted by Gasteiger charge is -2.09. The largest absolute Gasteiger partial charge is 0.388 e. The molecule has 1 rings (SSSR count). The third-order valence-electron chi connectivity index (χ3n) is 1.84. The fourth-order valence-corrected chi connectivity index (χ4v) is 1.88. The maximum atomic E-state index is 9.68. The Morgan fingerprint density at radius 3 is 2.77 bits per heavy atom. The van der Waals surface area contributed by atoms with E-state index in [9.17, 15) is 5.11 Å². The second-order valence-electron chi connectivity index (χ2n) is 3.10. The zero-order valence-corrected chi connectivity index (χ0v) is 9.21. The summed E-state index contributed by atoms with van der Waals surface area (Å²) < 4.78 is 1.01. The lowest BCUT2D eigenvalue weighted by atomic mass is 10.0. The molecule has 0 bridgehead atoms.